The molecule has 0 radical (unpaired) electrons. The summed E-state index contributed by atoms with van der Waals surface area (Å²) >= 11 is 3.75. The summed E-state index contributed by atoms with van der Waals surface area (Å²) in [4.78, 5) is 0.752. The third kappa shape index (κ3) is 4.84. The van der Waals surface area contributed by atoms with Crippen molar-refractivity contribution in [2.75, 3.05) is 0 Å². The molecule has 0 saturated carbocycles. The highest BCUT2D eigenvalue weighted by molar-refractivity contribution is 9.09. The minimum atomic E-state index is 0.752. The summed E-state index contributed by atoms with van der Waals surface area (Å²) in [5.74, 6) is 0.912. The highest BCUT2D eigenvalue weighted by Gasteiger charge is 2.14. The zero-order valence-corrected chi connectivity index (χ0v) is 9.65. The van der Waals surface area contributed by atoms with Crippen LogP contribution in [0.2, 0.25) is 0 Å². The van der Waals surface area contributed by atoms with Gasteiger partial charge in [0.25, 0.3) is 0 Å². The Balaban J connectivity index is 3.66. The first kappa shape index (κ1) is 11.5. The zero-order valence-electron chi connectivity index (χ0n) is 8.07. The molecule has 0 aliphatic rings. The van der Waals surface area contributed by atoms with Crippen LogP contribution in [0.1, 0.15) is 52.9 Å². The molecule has 0 aliphatic heterocycles. The second-order valence-electron chi connectivity index (χ2n) is 3.26. The molecule has 0 aromatic rings. The molecule has 0 fully saturated rings. The van der Waals surface area contributed by atoms with E-state index in [9.17, 15) is 0 Å². The maximum Gasteiger partial charge on any atom is 0.0171 e. The number of hydrogen-bond acceptors (Lipinski definition) is 0. The molecular formula is C10H21Br. The maximum absolute atomic E-state index is 3.75. The van der Waals surface area contributed by atoms with E-state index in [0.29, 0.717) is 0 Å². The summed E-state index contributed by atoms with van der Waals surface area (Å²) in [5, 5.41) is 0. The van der Waals surface area contributed by atoms with Crippen LogP contribution in [0, 0.1) is 5.92 Å². The Labute approximate surface area is 79.9 Å². The van der Waals surface area contributed by atoms with Crippen LogP contribution in [-0.2, 0) is 0 Å². The Kier molecular flexibility index (Phi) is 7.46. The standard InChI is InChI=1S/C10H21Br/c1-4-7-9(8-5-2)10(11)6-3/h9-10H,4-8H2,1-3H3. The van der Waals surface area contributed by atoms with Crippen LogP contribution >= 0.6 is 15.9 Å². The average molecular weight is 221 g/mol. The summed E-state index contributed by atoms with van der Waals surface area (Å²) in [7, 11) is 0. The SMILES string of the molecule is CCCC(CCC)C(Br)CC. The molecule has 11 heavy (non-hydrogen) atoms. The second-order valence-corrected chi connectivity index (χ2v) is 4.44. The Morgan fingerprint density at radius 3 is 1.73 bits per heavy atom. The molecule has 0 N–H and O–H groups in total. The van der Waals surface area contributed by atoms with Crippen molar-refractivity contribution in [1.82, 2.24) is 0 Å². The smallest absolute Gasteiger partial charge is 0.0171 e. The van der Waals surface area contributed by atoms with Gasteiger partial charge in [0, 0.05) is 4.83 Å². The third-order valence-corrected chi connectivity index (χ3v) is 3.62. The zero-order chi connectivity index (χ0) is 8.69. The van der Waals surface area contributed by atoms with Crippen molar-refractivity contribution in [3.8, 4) is 0 Å². The third-order valence-electron chi connectivity index (χ3n) is 2.22. The molecule has 0 aromatic heterocycles. The molecule has 0 heterocycles. The minimum absolute atomic E-state index is 0.752. The van der Waals surface area contributed by atoms with Gasteiger partial charge in [-0.1, -0.05) is 49.5 Å². The van der Waals surface area contributed by atoms with Gasteiger partial charge in [0.05, 0.1) is 0 Å². The van der Waals surface area contributed by atoms with Gasteiger partial charge in [0.2, 0.25) is 0 Å². The molecule has 0 aliphatic carbocycles. The lowest BCUT2D eigenvalue weighted by atomic mass is 9.94. The molecular weight excluding hydrogens is 200 g/mol. The first-order chi connectivity index (χ1) is 5.26. The van der Waals surface area contributed by atoms with Gasteiger partial charge in [-0.15, -0.1) is 0 Å². The van der Waals surface area contributed by atoms with Gasteiger partial charge < -0.3 is 0 Å². The van der Waals surface area contributed by atoms with Crippen molar-refractivity contribution < 1.29 is 0 Å². The summed E-state index contributed by atoms with van der Waals surface area (Å²) < 4.78 is 0. The number of rotatable bonds is 6. The van der Waals surface area contributed by atoms with Gasteiger partial charge in [-0.2, -0.15) is 0 Å². The van der Waals surface area contributed by atoms with E-state index in [-0.39, 0.29) is 0 Å². The van der Waals surface area contributed by atoms with Gasteiger partial charge in [-0.25, -0.2) is 0 Å². The molecule has 0 spiro atoms. The van der Waals surface area contributed by atoms with Crippen LogP contribution in [0.3, 0.4) is 0 Å². The maximum atomic E-state index is 3.75. The van der Waals surface area contributed by atoms with Gasteiger partial charge in [-0.05, 0) is 25.2 Å². The van der Waals surface area contributed by atoms with E-state index in [0.717, 1.165) is 10.7 Å². The Morgan fingerprint density at radius 1 is 1.00 bits per heavy atom. The fourth-order valence-corrected chi connectivity index (χ4v) is 2.11. The predicted molar refractivity (Wildman–Crippen MR) is 56.3 cm³/mol. The second kappa shape index (κ2) is 7.15. The van der Waals surface area contributed by atoms with Crippen LogP contribution in [0.5, 0.6) is 0 Å². The lowest BCUT2D eigenvalue weighted by Gasteiger charge is -2.19. The van der Waals surface area contributed by atoms with Crippen LogP contribution in [0.15, 0.2) is 0 Å². The highest BCUT2D eigenvalue weighted by Crippen LogP contribution is 2.25. The van der Waals surface area contributed by atoms with Crippen molar-refractivity contribution >= 4 is 15.9 Å². The molecule has 0 aromatic carbocycles. The fourth-order valence-electron chi connectivity index (χ4n) is 1.58. The van der Waals surface area contributed by atoms with Gasteiger partial charge in [0.1, 0.15) is 0 Å². The van der Waals surface area contributed by atoms with Crippen molar-refractivity contribution in [3.63, 3.8) is 0 Å². The van der Waals surface area contributed by atoms with Crippen molar-refractivity contribution in [1.29, 1.82) is 0 Å². The topological polar surface area (TPSA) is 0 Å². The molecule has 0 bridgehead atoms. The quantitative estimate of drug-likeness (QED) is 0.584. The summed E-state index contributed by atoms with van der Waals surface area (Å²) in [6.07, 6.45) is 6.69. The van der Waals surface area contributed by atoms with Gasteiger partial charge >= 0.3 is 0 Å². The van der Waals surface area contributed by atoms with Crippen LogP contribution < -0.4 is 0 Å². The molecule has 1 heteroatoms. The molecule has 0 nitrogen and oxygen atoms in total. The average Bonchev–Trinajstić information content (AvgIpc) is 2.03. The Hall–Kier alpha value is 0.480. The largest absolute Gasteiger partial charge is 0.0888 e. The monoisotopic (exact) mass is 220 g/mol. The fraction of sp³-hybridized carbons (Fsp3) is 1.00. The normalized spacial score (nSPS) is 13.9. The van der Waals surface area contributed by atoms with Crippen LogP contribution in [0.25, 0.3) is 0 Å². The van der Waals surface area contributed by atoms with Crippen molar-refractivity contribution in [3.05, 3.63) is 0 Å². The predicted octanol–water partition coefficient (Wildman–Crippen LogP) is 4.38. The molecule has 1 unspecified atom stereocenters. The molecule has 0 saturated heterocycles. The first-order valence-electron chi connectivity index (χ1n) is 4.90. The van der Waals surface area contributed by atoms with E-state index in [1.807, 2.05) is 0 Å². The summed E-state index contributed by atoms with van der Waals surface area (Å²) in [5.41, 5.74) is 0. The van der Waals surface area contributed by atoms with E-state index in [4.69, 9.17) is 0 Å². The van der Waals surface area contributed by atoms with Crippen molar-refractivity contribution in [2.24, 2.45) is 5.92 Å². The number of halogens is 1. The Bertz CT molecular complexity index is 74.9. The van der Waals surface area contributed by atoms with E-state index >= 15 is 0 Å². The number of alkyl halides is 1. The lowest BCUT2D eigenvalue weighted by molar-refractivity contribution is 0.423. The van der Waals surface area contributed by atoms with Crippen LogP contribution in [-0.4, -0.2) is 4.83 Å². The summed E-state index contributed by atoms with van der Waals surface area (Å²) in [6, 6.07) is 0. The molecule has 0 amide bonds. The van der Waals surface area contributed by atoms with E-state index in [1.54, 1.807) is 0 Å². The van der Waals surface area contributed by atoms with E-state index < -0.39 is 0 Å². The van der Waals surface area contributed by atoms with Gasteiger partial charge in [-0.3, -0.25) is 0 Å². The Morgan fingerprint density at radius 2 is 1.45 bits per heavy atom. The minimum Gasteiger partial charge on any atom is -0.0888 e. The lowest BCUT2D eigenvalue weighted by Crippen LogP contribution is -2.12. The van der Waals surface area contributed by atoms with Crippen LogP contribution in [0.4, 0.5) is 0 Å². The van der Waals surface area contributed by atoms with Gasteiger partial charge in [0.15, 0.2) is 0 Å². The molecule has 1 atom stereocenters. The molecule has 0 rings (SSSR count). The van der Waals surface area contributed by atoms with Crippen molar-refractivity contribution in [2.45, 2.75) is 57.7 Å². The first-order valence-corrected chi connectivity index (χ1v) is 5.81. The van der Waals surface area contributed by atoms with E-state index in [1.165, 1.54) is 32.1 Å². The van der Waals surface area contributed by atoms with E-state index in [2.05, 4.69) is 36.7 Å². The molecule has 68 valence electrons. The number of hydrogen-bond donors (Lipinski definition) is 0. The summed E-state index contributed by atoms with van der Waals surface area (Å²) in [6.45, 7) is 6.81. The highest BCUT2D eigenvalue weighted by atomic mass is 79.9.